The number of hydrogen-bond donors (Lipinski definition) is 3. The lowest BCUT2D eigenvalue weighted by molar-refractivity contribution is -0.147. The van der Waals surface area contributed by atoms with Crippen molar-refractivity contribution < 1.29 is 14.7 Å². The zero-order chi connectivity index (χ0) is 14.0. The van der Waals surface area contributed by atoms with Gasteiger partial charge < -0.3 is 16.2 Å². The van der Waals surface area contributed by atoms with Gasteiger partial charge in [-0.05, 0) is 31.9 Å². The number of rotatable bonds is 4. The number of amides is 1. The Morgan fingerprint density at radius 2 is 2.32 bits per heavy atom. The van der Waals surface area contributed by atoms with Crippen molar-refractivity contribution in [3.63, 3.8) is 0 Å². The second kappa shape index (κ2) is 4.87. The highest BCUT2D eigenvalue weighted by atomic mass is 16.4. The van der Waals surface area contributed by atoms with Crippen molar-refractivity contribution in [2.24, 2.45) is 11.1 Å². The summed E-state index contributed by atoms with van der Waals surface area (Å²) in [6.07, 6.45) is 3.79. The van der Waals surface area contributed by atoms with Crippen LogP contribution >= 0.6 is 0 Å². The van der Waals surface area contributed by atoms with Crippen LogP contribution in [0.4, 0.5) is 5.69 Å². The molecule has 1 aliphatic rings. The van der Waals surface area contributed by atoms with Crippen LogP contribution in [0.5, 0.6) is 0 Å². The molecule has 0 aromatic carbocycles. The Kier molecular flexibility index (Phi) is 3.42. The predicted octanol–water partition coefficient (Wildman–Crippen LogP) is 1.24. The van der Waals surface area contributed by atoms with Crippen molar-refractivity contribution in [2.75, 3.05) is 5.32 Å². The number of carbonyl (C=O) groups is 2. The standard InChI is InChI=1S/C13H17N3O3/c1-13(12(18)19)5-2-3-10(13)16-8-4-6-15-9(7-8)11(14)17/h4,6-7,10H,2-3,5H2,1H3,(H2,14,17)(H,15,16)(H,18,19). The molecule has 1 heterocycles. The minimum Gasteiger partial charge on any atom is -0.481 e. The van der Waals surface area contributed by atoms with E-state index in [1.165, 1.54) is 6.20 Å². The fraction of sp³-hybridized carbons (Fsp3) is 0.462. The summed E-state index contributed by atoms with van der Waals surface area (Å²) < 4.78 is 0. The number of nitrogens with one attached hydrogen (secondary N) is 1. The van der Waals surface area contributed by atoms with Gasteiger partial charge in [0.25, 0.3) is 5.91 Å². The van der Waals surface area contributed by atoms with E-state index in [0.717, 1.165) is 12.8 Å². The zero-order valence-electron chi connectivity index (χ0n) is 10.7. The van der Waals surface area contributed by atoms with Crippen LogP contribution in [0.1, 0.15) is 36.7 Å². The van der Waals surface area contributed by atoms with Crippen LogP contribution in [-0.2, 0) is 4.79 Å². The van der Waals surface area contributed by atoms with Gasteiger partial charge in [-0.15, -0.1) is 0 Å². The monoisotopic (exact) mass is 263 g/mol. The Labute approximate surface area is 111 Å². The Balaban J connectivity index is 2.19. The van der Waals surface area contributed by atoms with Crippen LogP contribution in [-0.4, -0.2) is 28.0 Å². The highest BCUT2D eigenvalue weighted by Crippen LogP contribution is 2.39. The highest BCUT2D eigenvalue weighted by molar-refractivity contribution is 5.91. The molecule has 102 valence electrons. The summed E-state index contributed by atoms with van der Waals surface area (Å²) >= 11 is 0. The van der Waals surface area contributed by atoms with Gasteiger partial charge in [0, 0.05) is 17.9 Å². The molecule has 2 unspecified atom stereocenters. The van der Waals surface area contributed by atoms with E-state index >= 15 is 0 Å². The molecular formula is C13H17N3O3. The van der Waals surface area contributed by atoms with Gasteiger partial charge in [0.15, 0.2) is 0 Å². The third-order valence-corrected chi connectivity index (χ3v) is 3.80. The van der Waals surface area contributed by atoms with Gasteiger partial charge in [0.05, 0.1) is 5.41 Å². The van der Waals surface area contributed by atoms with E-state index in [4.69, 9.17) is 5.73 Å². The van der Waals surface area contributed by atoms with Gasteiger partial charge in [-0.2, -0.15) is 0 Å². The maximum atomic E-state index is 11.4. The van der Waals surface area contributed by atoms with Crippen LogP contribution in [0, 0.1) is 5.41 Å². The number of aromatic nitrogens is 1. The van der Waals surface area contributed by atoms with E-state index in [-0.39, 0.29) is 11.7 Å². The number of nitrogens with two attached hydrogens (primary N) is 1. The molecule has 0 bridgehead atoms. The molecule has 1 aromatic rings. The molecule has 0 saturated heterocycles. The first-order valence-electron chi connectivity index (χ1n) is 6.19. The van der Waals surface area contributed by atoms with E-state index in [0.29, 0.717) is 12.1 Å². The number of aliphatic carboxylic acids is 1. The van der Waals surface area contributed by atoms with Crippen molar-refractivity contribution in [2.45, 2.75) is 32.2 Å². The minimum atomic E-state index is -0.799. The number of nitrogens with zero attached hydrogens (tertiary/aromatic N) is 1. The van der Waals surface area contributed by atoms with Gasteiger partial charge in [-0.3, -0.25) is 14.6 Å². The fourth-order valence-corrected chi connectivity index (χ4v) is 2.51. The largest absolute Gasteiger partial charge is 0.481 e. The van der Waals surface area contributed by atoms with E-state index in [1.807, 2.05) is 0 Å². The van der Waals surface area contributed by atoms with Gasteiger partial charge in [-0.1, -0.05) is 6.42 Å². The Morgan fingerprint density at radius 1 is 1.58 bits per heavy atom. The average Bonchev–Trinajstić information content (AvgIpc) is 2.73. The van der Waals surface area contributed by atoms with Crippen molar-refractivity contribution >= 4 is 17.6 Å². The number of primary amides is 1. The summed E-state index contributed by atoms with van der Waals surface area (Å²) in [5.41, 5.74) is 5.22. The summed E-state index contributed by atoms with van der Waals surface area (Å²) in [6.45, 7) is 1.75. The molecule has 1 amide bonds. The highest BCUT2D eigenvalue weighted by Gasteiger charge is 2.45. The second-order valence-corrected chi connectivity index (χ2v) is 5.11. The van der Waals surface area contributed by atoms with Gasteiger partial charge >= 0.3 is 5.97 Å². The van der Waals surface area contributed by atoms with Gasteiger partial charge in [0.2, 0.25) is 0 Å². The van der Waals surface area contributed by atoms with Gasteiger partial charge in [-0.25, -0.2) is 0 Å². The Morgan fingerprint density at radius 3 is 2.95 bits per heavy atom. The molecule has 1 saturated carbocycles. The first-order valence-corrected chi connectivity index (χ1v) is 6.19. The molecule has 6 nitrogen and oxygen atoms in total. The average molecular weight is 263 g/mol. The normalized spacial score (nSPS) is 26.1. The summed E-state index contributed by atoms with van der Waals surface area (Å²) in [4.78, 5) is 26.3. The van der Waals surface area contributed by atoms with Crippen LogP contribution in [0.2, 0.25) is 0 Å². The van der Waals surface area contributed by atoms with E-state index in [9.17, 15) is 14.7 Å². The summed E-state index contributed by atoms with van der Waals surface area (Å²) in [5, 5.41) is 12.5. The lowest BCUT2D eigenvalue weighted by Gasteiger charge is -2.28. The molecule has 0 aliphatic heterocycles. The molecule has 2 atom stereocenters. The smallest absolute Gasteiger partial charge is 0.311 e. The summed E-state index contributed by atoms with van der Waals surface area (Å²) in [7, 11) is 0. The molecule has 1 fully saturated rings. The van der Waals surface area contributed by atoms with E-state index in [2.05, 4.69) is 10.3 Å². The van der Waals surface area contributed by atoms with Gasteiger partial charge in [0.1, 0.15) is 5.69 Å². The SMILES string of the molecule is CC1(C(=O)O)CCCC1Nc1ccnc(C(N)=O)c1. The van der Waals surface area contributed by atoms with Crippen molar-refractivity contribution in [1.29, 1.82) is 0 Å². The van der Waals surface area contributed by atoms with Crippen LogP contribution in [0.3, 0.4) is 0 Å². The van der Waals surface area contributed by atoms with Crippen LogP contribution < -0.4 is 11.1 Å². The minimum absolute atomic E-state index is 0.159. The first kappa shape index (κ1) is 13.3. The first-order chi connectivity index (χ1) is 8.93. The predicted molar refractivity (Wildman–Crippen MR) is 69.8 cm³/mol. The molecule has 6 heteroatoms. The lowest BCUT2D eigenvalue weighted by Crippen LogP contribution is -2.40. The molecule has 1 aliphatic carbocycles. The quantitative estimate of drug-likeness (QED) is 0.757. The number of carbonyl (C=O) groups excluding carboxylic acids is 1. The third kappa shape index (κ3) is 2.52. The molecular weight excluding hydrogens is 246 g/mol. The van der Waals surface area contributed by atoms with E-state index in [1.54, 1.807) is 19.1 Å². The molecule has 1 aromatic heterocycles. The molecule has 19 heavy (non-hydrogen) atoms. The molecule has 0 radical (unpaired) electrons. The second-order valence-electron chi connectivity index (χ2n) is 5.11. The molecule has 2 rings (SSSR count). The number of anilines is 1. The zero-order valence-corrected chi connectivity index (χ0v) is 10.7. The number of carboxylic acid groups (broad SMARTS) is 1. The lowest BCUT2D eigenvalue weighted by atomic mass is 9.85. The molecule has 0 spiro atoms. The fourth-order valence-electron chi connectivity index (χ4n) is 2.51. The maximum Gasteiger partial charge on any atom is 0.311 e. The number of pyridine rings is 1. The Bertz CT molecular complexity index is 518. The number of hydrogen-bond acceptors (Lipinski definition) is 4. The summed E-state index contributed by atoms with van der Waals surface area (Å²) in [5.74, 6) is -1.40. The van der Waals surface area contributed by atoms with E-state index < -0.39 is 17.3 Å². The van der Waals surface area contributed by atoms with Crippen molar-refractivity contribution in [1.82, 2.24) is 4.98 Å². The van der Waals surface area contributed by atoms with Crippen molar-refractivity contribution in [3.05, 3.63) is 24.0 Å². The Hall–Kier alpha value is -2.11. The van der Waals surface area contributed by atoms with Crippen molar-refractivity contribution in [3.8, 4) is 0 Å². The topological polar surface area (TPSA) is 105 Å². The third-order valence-electron chi connectivity index (χ3n) is 3.80. The molecule has 4 N–H and O–H groups in total. The van der Waals surface area contributed by atoms with Crippen LogP contribution in [0.25, 0.3) is 0 Å². The summed E-state index contributed by atoms with van der Waals surface area (Å²) in [6, 6.07) is 3.09. The van der Waals surface area contributed by atoms with Crippen LogP contribution in [0.15, 0.2) is 18.3 Å². The number of carboxylic acids is 1. The maximum absolute atomic E-state index is 11.4.